The van der Waals surface area contributed by atoms with Gasteiger partial charge in [-0.2, -0.15) is 0 Å². The van der Waals surface area contributed by atoms with Crippen LogP contribution < -0.4 is 19.5 Å². The maximum atomic E-state index is 12.2. The van der Waals surface area contributed by atoms with Gasteiger partial charge in [0.15, 0.2) is 11.5 Å². The lowest BCUT2D eigenvalue weighted by Crippen LogP contribution is -2.16. The van der Waals surface area contributed by atoms with E-state index in [0.29, 0.717) is 37.0 Å². The fourth-order valence-corrected chi connectivity index (χ4v) is 2.82. The van der Waals surface area contributed by atoms with Crippen LogP contribution in [0.4, 0.5) is 5.69 Å². The molecule has 1 amide bonds. The van der Waals surface area contributed by atoms with E-state index < -0.39 is 0 Å². The monoisotopic (exact) mass is 417 g/mol. The summed E-state index contributed by atoms with van der Waals surface area (Å²) >= 11 is 3.44. The minimum Gasteiger partial charge on any atom is -0.494 e. The van der Waals surface area contributed by atoms with Gasteiger partial charge in [0.25, 0.3) is 0 Å². The van der Waals surface area contributed by atoms with Crippen molar-refractivity contribution in [1.29, 1.82) is 0 Å². The zero-order valence-corrected chi connectivity index (χ0v) is 16.0. The van der Waals surface area contributed by atoms with Crippen LogP contribution in [0.3, 0.4) is 0 Å². The van der Waals surface area contributed by atoms with Crippen LogP contribution in [0.25, 0.3) is 6.08 Å². The standard InChI is InChI=1S/C20H20BrNO4/c1-2-9-24-15-6-3-14(4-7-15)5-8-20(23)22-17-13-19-18(12-16(17)21)25-10-11-26-19/h3-8,12-13H,2,9-11H2,1H3,(H,22,23)/b8-5+. The summed E-state index contributed by atoms with van der Waals surface area (Å²) in [4.78, 5) is 12.2. The Morgan fingerprint density at radius 2 is 1.88 bits per heavy atom. The third-order valence-electron chi connectivity index (χ3n) is 3.67. The van der Waals surface area contributed by atoms with Gasteiger partial charge in [-0.25, -0.2) is 0 Å². The lowest BCUT2D eigenvalue weighted by atomic mass is 10.2. The molecule has 1 heterocycles. The van der Waals surface area contributed by atoms with Crippen LogP contribution in [-0.2, 0) is 4.79 Å². The molecule has 0 spiro atoms. The molecule has 0 atom stereocenters. The van der Waals surface area contributed by atoms with Crippen LogP contribution in [0.1, 0.15) is 18.9 Å². The predicted molar refractivity (Wildman–Crippen MR) is 105 cm³/mol. The van der Waals surface area contributed by atoms with Gasteiger partial charge in [0, 0.05) is 22.7 Å². The molecule has 0 radical (unpaired) electrons. The number of ether oxygens (including phenoxy) is 3. The summed E-state index contributed by atoms with van der Waals surface area (Å²) in [6, 6.07) is 11.2. The topological polar surface area (TPSA) is 56.8 Å². The van der Waals surface area contributed by atoms with E-state index in [1.807, 2.05) is 24.3 Å². The highest BCUT2D eigenvalue weighted by molar-refractivity contribution is 9.10. The molecule has 3 rings (SSSR count). The van der Waals surface area contributed by atoms with Gasteiger partial charge in [0.05, 0.1) is 12.3 Å². The second-order valence-electron chi connectivity index (χ2n) is 5.72. The van der Waals surface area contributed by atoms with E-state index in [4.69, 9.17) is 14.2 Å². The molecule has 1 aliphatic heterocycles. The first-order valence-electron chi connectivity index (χ1n) is 8.47. The van der Waals surface area contributed by atoms with E-state index in [9.17, 15) is 4.79 Å². The maximum absolute atomic E-state index is 12.2. The molecule has 0 fully saturated rings. The van der Waals surface area contributed by atoms with E-state index >= 15 is 0 Å². The van der Waals surface area contributed by atoms with Crippen molar-refractivity contribution < 1.29 is 19.0 Å². The Hall–Kier alpha value is -2.47. The molecular weight excluding hydrogens is 398 g/mol. The third kappa shape index (κ3) is 4.79. The number of rotatable bonds is 6. The van der Waals surface area contributed by atoms with Crippen molar-refractivity contribution in [3.05, 3.63) is 52.5 Å². The number of halogens is 1. The summed E-state index contributed by atoms with van der Waals surface area (Å²) < 4.78 is 17.3. The Balaban J connectivity index is 1.62. The second-order valence-corrected chi connectivity index (χ2v) is 6.57. The lowest BCUT2D eigenvalue weighted by molar-refractivity contribution is -0.111. The Labute approximate surface area is 161 Å². The van der Waals surface area contributed by atoms with Gasteiger partial charge in [0.1, 0.15) is 19.0 Å². The number of fused-ring (bicyclic) bond motifs is 1. The van der Waals surface area contributed by atoms with E-state index in [1.54, 1.807) is 18.2 Å². The molecule has 0 aromatic heterocycles. The summed E-state index contributed by atoms with van der Waals surface area (Å²) in [6.45, 7) is 3.79. The number of carbonyl (C=O) groups is 1. The minimum absolute atomic E-state index is 0.228. The van der Waals surface area contributed by atoms with Gasteiger partial charge in [-0.3, -0.25) is 4.79 Å². The number of amides is 1. The zero-order valence-electron chi connectivity index (χ0n) is 14.5. The van der Waals surface area contributed by atoms with Crippen molar-refractivity contribution in [3.8, 4) is 17.2 Å². The molecule has 1 N–H and O–H groups in total. The molecule has 136 valence electrons. The first-order valence-corrected chi connectivity index (χ1v) is 9.26. The molecule has 1 aliphatic rings. The van der Waals surface area contributed by atoms with Gasteiger partial charge in [-0.1, -0.05) is 19.1 Å². The van der Waals surface area contributed by atoms with Crippen LogP contribution in [-0.4, -0.2) is 25.7 Å². The molecule has 5 nitrogen and oxygen atoms in total. The largest absolute Gasteiger partial charge is 0.494 e. The quantitative estimate of drug-likeness (QED) is 0.694. The number of benzene rings is 2. The first kappa shape index (κ1) is 18.3. The van der Waals surface area contributed by atoms with Gasteiger partial charge in [0.2, 0.25) is 5.91 Å². The summed E-state index contributed by atoms with van der Waals surface area (Å²) in [5, 5.41) is 2.84. The SMILES string of the molecule is CCCOc1ccc(/C=C/C(=O)Nc2cc3c(cc2Br)OCCO3)cc1. The summed E-state index contributed by atoms with van der Waals surface area (Å²) in [6.07, 6.45) is 4.22. The number of carbonyl (C=O) groups excluding carboxylic acids is 1. The maximum Gasteiger partial charge on any atom is 0.248 e. The molecule has 26 heavy (non-hydrogen) atoms. The predicted octanol–water partition coefficient (Wildman–Crippen LogP) is 4.66. The summed E-state index contributed by atoms with van der Waals surface area (Å²) in [5.74, 6) is 1.89. The molecule has 2 aromatic carbocycles. The second kappa shape index (κ2) is 8.76. The molecule has 0 unspecified atom stereocenters. The Kier molecular flexibility index (Phi) is 6.17. The summed E-state index contributed by atoms with van der Waals surface area (Å²) in [5.41, 5.74) is 1.55. The fourth-order valence-electron chi connectivity index (χ4n) is 2.40. The fraction of sp³-hybridized carbons (Fsp3) is 0.250. The van der Waals surface area contributed by atoms with E-state index in [0.717, 1.165) is 22.2 Å². The number of hydrogen-bond acceptors (Lipinski definition) is 4. The first-order chi connectivity index (χ1) is 12.7. The molecule has 6 heteroatoms. The smallest absolute Gasteiger partial charge is 0.248 e. The van der Waals surface area contributed by atoms with Crippen molar-refractivity contribution in [1.82, 2.24) is 0 Å². The molecule has 0 saturated heterocycles. The van der Waals surface area contributed by atoms with Crippen molar-refractivity contribution >= 4 is 33.6 Å². The van der Waals surface area contributed by atoms with Crippen LogP contribution >= 0.6 is 15.9 Å². The van der Waals surface area contributed by atoms with Crippen LogP contribution in [0.2, 0.25) is 0 Å². The average molecular weight is 418 g/mol. The van der Waals surface area contributed by atoms with Crippen molar-refractivity contribution in [2.24, 2.45) is 0 Å². The van der Waals surface area contributed by atoms with Crippen LogP contribution in [0.5, 0.6) is 17.2 Å². The molecule has 0 aliphatic carbocycles. The van der Waals surface area contributed by atoms with Crippen molar-refractivity contribution in [3.63, 3.8) is 0 Å². The van der Waals surface area contributed by atoms with Crippen molar-refractivity contribution in [2.45, 2.75) is 13.3 Å². The third-order valence-corrected chi connectivity index (χ3v) is 4.33. The van der Waals surface area contributed by atoms with Crippen LogP contribution in [0.15, 0.2) is 46.9 Å². The van der Waals surface area contributed by atoms with Gasteiger partial charge >= 0.3 is 0 Å². The van der Waals surface area contributed by atoms with E-state index in [1.165, 1.54) is 6.08 Å². The highest BCUT2D eigenvalue weighted by Gasteiger charge is 2.15. The summed E-state index contributed by atoms with van der Waals surface area (Å²) in [7, 11) is 0. The van der Waals surface area contributed by atoms with Crippen LogP contribution in [0, 0.1) is 0 Å². The van der Waals surface area contributed by atoms with Gasteiger partial charge < -0.3 is 19.5 Å². The zero-order chi connectivity index (χ0) is 18.4. The highest BCUT2D eigenvalue weighted by atomic mass is 79.9. The normalized spacial score (nSPS) is 12.8. The Morgan fingerprint density at radius 3 is 2.58 bits per heavy atom. The number of hydrogen-bond donors (Lipinski definition) is 1. The minimum atomic E-state index is -0.228. The van der Waals surface area contributed by atoms with Gasteiger partial charge in [-0.05, 0) is 46.1 Å². The number of anilines is 1. The molecule has 0 bridgehead atoms. The average Bonchev–Trinajstić information content (AvgIpc) is 2.66. The Bertz CT molecular complexity index is 802. The number of nitrogens with one attached hydrogen (secondary N) is 1. The van der Waals surface area contributed by atoms with Gasteiger partial charge in [-0.15, -0.1) is 0 Å². The molecule has 2 aromatic rings. The lowest BCUT2D eigenvalue weighted by Gasteiger charge is -2.19. The van der Waals surface area contributed by atoms with E-state index in [-0.39, 0.29) is 5.91 Å². The van der Waals surface area contributed by atoms with E-state index in [2.05, 4.69) is 28.2 Å². The highest BCUT2D eigenvalue weighted by Crippen LogP contribution is 2.38. The molecular formula is C20H20BrNO4. The Morgan fingerprint density at radius 1 is 1.19 bits per heavy atom. The van der Waals surface area contributed by atoms with Crippen molar-refractivity contribution in [2.75, 3.05) is 25.1 Å². The molecule has 0 saturated carbocycles.